The third kappa shape index (κ3) is 5.72. The number of thiazole rings is 1. The van der Waals surface area contributed by atoms with Crippen LogP contribution in [-0.2, 0) is 10.0 Å². The number of ether oxygens (including phenoxy) is 2. The number of aromatic nitrogens is 3. The first kappa shape index (κ1) is 24.8. The molecule has 1 N–H and O–H groups in total. The fourth-order valence-corrected chi connectivity index (χ4v) is 6.45. The van der Waals surface area contributed by atoms with E-state index in [2.05, 4.69) is 20.3 Å². The van der Waals surface area contributed by atoms with Crippen molar-refractivity contribution in [2.75, 3.05) is 31.8 Å². The van der Waals surface area contributed by atoms with Crippen molar-refractivity contribution in [2.45, 2.75) is 28.2 Å². The summed E-state index contributed by atoms with van der Waals surface area (Å²) in [6.45, 7) is 0.873. The molecular formula is C24H25N5O4S3. The number of methoxy groups -OCH3 is 1. The molecule has 188 valence electrons. The molecular weight excluding hydrogens is 518 g/mol. The number of piperidine rings is 1. The van der Waals surface area contributed by atoms with Crippen molar-refractivity contribution in [2.24, 2.45) is 0 Å². The lowest BCUT2D eigenvalue weighted by Gasteiger charge is -2.30. The first-order valence-electron chi connectivity index (χ1n) is 11.3. The molecule has 4 aromatic rings. The summed E-state index contributed by atoms with van der Waals surface area (Å²) in [4.78, 5) is 14.3. The van der Waals surface area contributed by atoms with Gasteiger partial charge in [0.25, 0.3) is 0 Å². The molecule has 2 aromatic carbocycles. The maximum atomic E-state index is 11.8. The summed E-state index contributed by atoms with van der Waals surface area (Å²) in [6.07, 6.45) is 5.65. The number of nitrogens with one attached hydrogen (secondary N) is 1. The van der Waals surface area contributed by atoms with Gasteiger partial charge in [0, 0.05) is 46.7 Å². The van der Waals surface area contributed by atoms with E-state index in [-0.39, 0.29) is 6.10 Å². The highest BCUT2D eigenvalue weighted by Crippen LogP contribution is 2.37. The Bertz CT molecular complexity index is 1440. The third-order valence-electron chi connectivity index (χ3n) is 5.82. The summed E-state index contributed by atoms with van der Waals surface area (Å²) in [5.74, 6) is 1.80. The molecule has 9 nitrogen and oxygen atoms in total. The van der Waals surface area contributed by atoms with Crippen LogP contribution in [-0.4, -0.2) is 60.2 Å². The van der Waals surface area contributed by atoms with Crippen LogP contribution >= 0.6 is 23.1 Å². The van der Waals surface area contributed by atoms with Crippen molar-refractivity contribution in [3.8, 4) is 11.5 Å². The maximum absolute atomic E-state index is 11.8. The van der Waals surface area contributed by atoms with Crippen molar-refractivity contribution >= 4 is 55.5 Å². The van der Waals surface area contributed by atoms with Crippen LogP contribution < -0.4 is 14.8 Å². The maximum Gasteiger partial charge on any atom is 0.211 e. The minimum atomic E-state index is -3.19. The van der Waals surface area contributed by atoms with Gasteiger partial charge in [-0.05, 0) is 43.2 Å². The van der Waals surface area contributed by atoms with Crippen molar-refractivity contribution in [1.82, 2.24) is 19.3 Å². The van der Waals surface area contributed by atoms with Crippen LogP contribution in [0.1, 0.15) is 12.8 Å². The molecule has 0 unspecified atom stereocenters. The van der Waals surface area contributed by atoms with Crippen molar-refractivity contribution in [1.29, 1.82) is 0 Å². The Kier molecular flexibility index (Phi) is 7.28. The minimum absolute atomic E-state index is 0.113. The Hall–Kier alpha value is -2.93. The first-order chi connectivity index (χ1) is 17.4. The Balaban J connectivity index is 1.35. The normalized spacial score (nSPS) is 15.2. The van der Waals surface area contributed by atoms with Gasteiger partial charge in [0.1, 0.15) is 18.2 Å². The molecule has 1 saturated heterocycles. The molecule has 12 heteroatoms. The van der Waals surface area contributed by atoms with Crippen LogP contribution in [0.15, 0.2) is 63.5 Å². The Morgan fingerprint density at radius 1 is 1.08 bits per heavy atom. The number of fused-ring (bicyclic) bond motifs is 1. The largest absolute Gasteiger partial charge is 0.493 e. The third-order valence-corrected chi connectivity index (χ3v) is 9.01. The summed E-state index contributed by atoms with van der Waals surface area (Å²) in [6, 6.07) is 11.8. The van der Waals surface area contributed by atoms with Crippen LogP contribution in [0.2, 0.25) is 0 Å². The van der Waals surface area contributed by atoms with E-state index in [1.807, 2.05) is 41.8 Å². The molecule has 5 rings (SSSR count). The molecule has 0 amide bonds. The highest BCUT2D eigenvalue weighted by molar-refractivity contribution is 8.01. The number of anilines is 2. The zero-order valence-electron chi connectivity index (χ0n) is 19.7. The molecule has 1 aliphatic heterocycles. The molecule has 0 spiro atoms. The van der Waals surface area contributed by atoms with Gasteiger partial charge in [-0.15, -0.1) is 11.3 Å². The lowest BCUT2D eigenvalue weighted by molar-refractivity contribution is 0.131. The average molecular weight is 544 g/mol. The predicted octanol–water partition coefficient (Wildman–Crippen LogP) is 4.79. The Morgan fingerprint density at radius 2 is 1.86 bits per heavy atom. The standard InChI is InChI=1S/C24H25N5O4S3/c1-32-21-14-20-19(13-22(21)33-17-7-10-29(11-8-17)36(2,30)31)23(27-15-26-20)28-16-3-5-18(6-4-16)35-24-25-9-12-34-24/h3-6,9,12-15,17H,7-8,10-11H2,1-2H3,(H,26,27,28). The second-order valence-corrected chi connectivity index (χ2v) is 12.5. The van der Waals surface area contributed by atoms with E-state index in [0.717, 1.165) is 25.8 Å². The monoisotopic (exact) mass is 543 g/mol. The summed E-state index contributed by atoms with van der Waals surface area (Å²) in [5.41, 5.74) is 1.62. The smallest absolute Gasteiger partial charge is 0.211 e. The minimum Gasteiger partial charge on any atom is -0.493 e. The summed E-state index contributed by atoms with van der Waals surface area (Å²) in [5, 5.41) is 6.14. The zero-order chi connectivity index (χ0) is 25.1. The van der Waals surface area contributed by atoms with E-state index in [4.69, 9.17) is 9.47 Å². The molecule has 3 heterocycles. The fraction of sp³-hybridized carbons (Fsp3) is 0.292. The van der Waals surface area contributed by atoms with Gasteiger partial charge in [0.15, 0.2) is 15.8 Å². The van der Waals surface area contributed by atoms with Crippen LogP contribution in [0.25, 0.3) is 10.9 Å². The molecule has 1 aliphatic rings. The number of sulfonamides is 1. The van der Waals surface area contributed by atoms with Gasteiger partial charge in [0.2, 0.25) is 10.0 Å². The van der Waals surface area contributed by atoms with Gasteiger partial charge in [-0.1, -0.05) is 11.8 Å². The van der Waals surface area contributed by atoms with Gasteiger partial charge in [0.05, 0.1) is 18.9 Å². The lowest BCUT2D eigenvalue weighted by Crippen LogP contribution is -2.41. The van der Waals surface area contributed by atoms with E-state index < -0.39 is 10.0 Å². The van der Waals surface area contributed by atoms with E-state index >= 15 is 0 Å². The van der Waals surface area contributed by atoms with Gasteiger partial charge in [-0.3, -0.25) is 0 Å². The molecule has 0 bridgehead atoms. The van der Waals surface area contributed by atoms with E-state index in [1.165, 1.54) is 16.9 Å². The number of benzene rings is 2. The van der Waals surface area contributed by atoms with Crippen molar-refractivity contribution < 1.29 is 17.9 Å². The van der Waals surface area contributed by atoms with E-state index in [0.29, 0.717) is 43.2 Å². The van der Waals surface area contributed by atoms with Crippen molar-refractivity contribution in [3.63, 3.8) is 0 Å². The molecule has 0 atom stereocenters. The zero-order valence-corrected chi connectivity index (χ0v) is 22.2. The summed E-state index contributed by atoms with van der Waals surface area (Å²) < 4.78 is 38.0. The van der Waals surface area contributed by atoms with Gasteiger partial charge in [-0.2, -0.15) is 0 Å². The second-order valence-electron chi connectivity index (χ2n) is 8.27. The highest BCUT2D eigenvalue weighted by atomic mass is 32.2. The number of nitrogens with zero attached hydrogens (tertiary/aromatic N) is 4. The quantitative estimate of drug-likeness (QED) is 0.336. The topological polar surface area (TPSA) is 107 Å². The number of rotatable bonds is 8. The highest BCUT2D eigenvalue weighted by Gasteiger charge is 2.27. The van der Waals surface area contributed by atoms with Gasteiger partial charge < -0.3 is 14.8 Å². The number of hydrogen-bond acceptors (Lipinski definition) is 10. The molecule has 36 heavy (non-hydrogen) atoms. The second kappa shape index (κ2) is 10.6. The Labute approximate surface area is 217 Å². The summed E-state index contributed by atoms with van der Waals surface area (Å²) in [7, 11) is -1.60. The Morgan fingerprint density at radius 3 is 2.53 bits per heavy atom. The van der Waals surface area contributed by atoms with Crippen LogP contribution in [0.4, 0.5) is 11.5 Å². The lowest BCUT2D eigenvalue weighted by atomic mass is 10.1. The predicted molar refractivity (Wildman–Crippen MR) is 142 cm³/mol. The molecule has 2 aromatic heterocycles. The summed E-state index contributed by atoms with van der Waals surface area (Å²) >= 11 is 3.23. The molecule has 1 fully saturated rings. The number of hydrogen-bond donors (Lipinski definition) is 1. The molecule has 0 aliphatic carbocycles. The van der Waals surface area contributed by atoms with Crippen LogP contribution in [0, 0.1) is 0 Å². The SMILES string of the molecule is COc1cc2ncnc(Nc3ccc(Sc4nccs4)cc3)c2cc1OC1CCN(S(C)(=O)=O)CC1. The fourth-order valence-electron chi connectivity index (χ4n) is 3.98. The van der Waals surface area contributed by atoms with Gasteiger partial charge >= 0.3 is 0 Å². The molecule has 0 radical (unpaired) electrons. The van der Waals surface area contributed by atoms with Crippen LogP contribution in [0.3, 0.4) is 0 Å². The van der Waals surface area contributed by atoms with E-state index in [9.17, 15) is 8.42 Å². The van der Waals surface area contributed by atoms with Crippen LogP contribution in [0.5, 0.6) is 11.5 Å². The van der Waals surface area contributed by atoms with Gasteiger partial charge in [-0.25, -0.2) is 27.7 Å². The van der Waals surface area contributed by atoms with E-state index in [1.54, 1.807) is 36.4 Å². The van der Waals surface area contributed by atoms with Crippen molar-refractivity contribution in [3.05, 3.63) is 54.3 Å². The first-order valence-corrected chi connectivity index (χ1v) is 14.8. The molecule has 0 saturated carbocycles. The average Bonchev–Trinajstić information content (AvgIpc) is 3.38.